The Balaban J connectivity index is 2.45. The van der Waals surface area contributed by atoms with Crippen molar-refractivity contribution >= 4 is 11.3 Å². The van der Waals surface area contributed by atoms with Crippen LogP contribution in [0.2, 0.25) is 0 Å². The first kappa shape index (κ1) is 11.7. The standard InChI is InChI=1S/C11H19NOS/c1-8(2)6-13-7-10-4-11(5-12)14-9(10)3/h4,8H,5-7,12H2,1-3H3. The molecule has 0 aromatic carbocycles. The van der Waals surface area contributed by atoms with Gasteiger partial charge in [0, 0.05) is 22.9 Å². The Morgan fingerprint density at radius 3 is 2.71 bits per heavy atom. The zero-order chi connectivity index (χ0) is 10.6. The van der Waals surface area contributed by atoms with E-state index in [4.69, 9.17) is 10.5 Å². The van der Waals surface area contributed by atoms with Gasteiger partial charge in [0.25, 0.3) is 0 Å². The van der Waals surface area contributed by atoms with Gasteiger partial charge in [0.15, 0.2) is 0 Å². The van der Waals surface area contributed by atoms with E-state index >= 15 is 0 Å². The molecule has 0 aliphatic heterocycles. The van der Waals surface area contributed by atoms with Crippen LogP contribution < -0.4 is 5.73 Å². The molecule has 3 heteroatoms. The van der Waals surface area contributed by atoms with Gasteiger partial charge >= 0.3 is 0 Å². The highest BCUT2D eigenvalue weighted by molar-refractivity contribution is 7.12. The van der Waals surface area contributed by atoms with Crippen LogP contribution in [0.25, 0.3) is 0 Å². The Hall–Kier alpha value is -0.380. The maximum Gasteiger partial charge on any atom is 0.0727 e. The molecular formula is C11H19NOS. The monoisotopic (exact) mass is 213 g/mol. The Bertz CT molecular complexity index is 281. The topological polar surface area (TPSA) is 35.2 Å². The predicted molar refractivity (Wildman–Crippen MR) is 61.4 cm³/mol. The number of nitrogens with two attached hydrogens (primary N) is 1. The molecule has 0 spiro atoms. The van der Waals surface area contributed by atoms with Crippen molar-refractivity contribution in [3.63, 3.8) is 0 Å². The Morgan fingerprint density at radius 2 is 2.21 bits per heavy atom. The summed E-state index contributed by atoms with van der Waals surface area (Å²) in [6.45, 7) is 8.62. The lowest BCUT2D eigenvalue weighted by atomic mass is 10.2. The molecule has 0 amide bonds. The molecule has 1 rings (SSSR count). The summed E-state index contributed by atoms with van der Waals surface area (Å²) in [5, 5.41) is 0. The van der Waals surface area contributed by atoms with Gasteiger partial charge in [-0.2, -0.15) is 0 Å². The molecule has 0 aliphatic rings. The zero-order valence-corrected chi connectivity index (χ0v) is 9.99. The molecule has 80 valence electrons. The quantitative estimate of drug-likeness (QED) is 0.816. The van der Waals surface area contributed by atoms with Crippen molar-refractivity contribution in [1.82, 2.24) is 0 Å². The summed E-state index contributed by atoms with van der Waals surface area (Å²) in [7, 11) is 0. The fourth-order valence-electron chi connectivity index (χ4n) is 1.24. The van der Waals surface area contributed by atoms with E-state index in [2.05, 4.69) is 26.8 Å². The maximum absolute atomic E-state index is 5.59. The number of rotatable bonds is 5. The van der Waals surface area contributed by atoms with E-state index in [-0.39, 0.29) is 0 Å². The molecular weight excluding hydrogens is 194 g/mol. The molecule has 0 saturated carbocycles. The average molecular weight is 213 g/mol. The van der Waals surface area contributed by atoms with Crippen LogP contribution in [0.3, 0.4) is 0 Å². The van der Waals surface area contributed by atoms with Crippen molar-refractivity contribution in [3.05, 3.63) is 21.4 Å². The Kier molecular flexibility index (Phi) is 4.58. The summed E-state index contributed by atoms with van der Waals surface area (Å²) in [4.78, 5) is 2.57. The smallest absolute Gasteiger partial charge is 0.0727 e. The molecule has 2 nitrogen and oxygen atoms in total. The minimum atomic E-state index is 0.600. The molecule has 1 heterocycles. The molecule has 0 unspecified atom stereocenters. The summed E-state index contributed by atoms with van der Waals surface area (Å²) < 4.78 is 5.59. The van der Waals surface area contributed by atoms with Gasteiger partial charge in [0.2, 0.25) is 0 Å². The average Bonchev–Trinajstić information content (AvgIpc) is 2.47. The van der Waals surface area contributed by atoms with Gasteiger partial charge in [-0.1, -0.05) is 13.8 Å². The molecule has 0 bridgehead atoms. The molecule has 0 fully saturated rings. The number of aryl methyl sites for hydroxylation is 1. The van der Waals surface area contributed by atoms with Crippen LogP contribution in [-0.4, -0.2) is 6.61 Å². The van der Waals surface area contributed by atoms with E-state index in [9.17, 15) is 0 Å². The first-order chi connectivity index (χ1) is 6.63. The summed E-state index contributed by atoms with van der Waals surface area (Å²) in [6, 6.07) is 2.15. The summed E-state index contributed by atoms with van der Waals surface area (Å²) in [5.41, 5.74) is 6.87. The van der Waals surface area contributed by atoms with Crippen molar-refractivity contribution < 1.29 is 4.74 Å². The van der Waals surface area contributed by atoms with E-state index in [1.54, 1.807) is 11.3 Å². The lowest BCUT2D eigenvalue weighted by Gasteiger charge is -2.05. The molecule has 1 aromatic heterocycles. The number of hydrogen-bond donors (Lipinski definition) is 1. The Labute approximate surface area is 90.1 Å². The van der Waals surface area contributed by atoms with Crippen LogP contribution in [0.5, 0.6) is 0 Å². The molecule has 2 N–H and O–H groups in total. The van der Waals surface area contributed by atoms with E-state index in [0.717, 1.165) is 13.2 Å². The van der Waals surface area contributed by atoms with E-state index in [0.29, 0.717) is 12.5 Å². The van der Waals surface area contributed by atoms with E-state index in [1.807, 2.05) is 0 Å². The number of ether oxygens (including phenoxy) is 1. The largest absolute Gasteiger partial charge is 0.376 e. The third kappa shape index (κ3) is 3.40. The normalized spacial score (nSPS) is 11.2. The maximum atomic E-state index is 5.59. The van der Waals surface area contributed by atoms with Gasteiger partial charge in [-0.15, -0.1) is 11.3 Å². The van der Waals surface area contributed by atoms with E-state index in [1.165, 1.54) is 15.3 Å². The fraction of sp³-hybridized carbons (Fsp3) is 0.636. The molecule has 0 atom stereocenters. The second-order valence-corrected chi connectivity index (χ2v) is 5.25. The third-order valence-electron chi connectivity index (χ3n) is 1.98. The number of hydrogen-bond acceptors (Lipinski definition) is 3. The molecule has 0 saturated heterocycles. The third-order valence-corrected chi connectivity index (χ3v) is 3.10. The lowest BCUT2D eigenvalue weighted by Crippen LogP contribution is -2.01. The fourth-order valence-corrected chi connectivity index (χ4v) is 2.16. The first-order valence-electron chi connectivity index (χ1n) is 4.99. The van der Waals surface area contributed by atoms with Crippen molar-refractivity contribution in [1.29, 1.82) is 0 Å². The van der Waals surface area contributed by atoms with Crippen molar-refractivity contribution in [2.24, 2.45) is 11.7 Å². The highest BCUT2D eigenvalue weighted by Crippen LogP contribution is 2.21. The zero-order valence-electron chi connectivity index (χ0n) is 9.17. The van der Waals surface area contributed by atoms with Crippen molar-refractivity contribution in [2.45, 2.75) is 33.9 Å². The van der Waals surface area contributed by atoms with Gasteiger partial charge in [-0.3, -0.25) is 0 Å². The Morgan fingerprint density at radius 1 is 1.50 bits per heavy atom. The first-order valence-corrected chi connectivity index (χ1v) is 5.81. The minimum Gasteiger partial charge on any atom is -0.376 e. The summed E-state index contributed by atoms with van der Waals surface area (Å²) in [6.07, 6.45) is 0. The number of thiophene rings is 1. The second-order valence-electron chi connectivity index (χ2n) is 3.91. The highest BCUT2D eigenvalue weighted by Gasteiger charge is 2.04. The van der Waals surface area contributed by atoms with Crippen LogP contribution in [0.15, 0.2) is 6.07 Å². The predicted octanol–water partition coefficient (Wildman–Crippen LogP) is 2.69. The second kappa shape index (κ2) is 5.49. The highest BCUT2D eigenvalue weighted by atomic mass is 32.1. The van der Waals surface area contributed by atoms with Crippen LogP contribution in [0, 0.1) is 12.8 Å². The van der Waals surface area contributed by atoms with Crippen molar-refractivity contribution in [2.75, 3.05) is 6.61 Å². The van der Waals surface area contributed by atoms with Gasteiger partial charge in [0.1, 0.15) is 0 Å². The van der Waals surface area contributed by atoms with Crippen LogP contribution >= 0.6 is 11.3 Å². The van der Waals surface area contributed by atoms with Crippen LogP contribution in [0.1, 0.15) is 29.2 Å². The summed E-state index contributed by atoms with van der Waals surface area (Å²) >= 11 is 1.77. The van der Waals surface area contributed by atoms with E-state index < -0.39 is 0 Å². The lowest BCUT2D eigenvalue weighted by molar-refractivity contribution is 0.0970. The molecule has 0 radical (unpaired) electrons. The molecule has 14 heavy (non-hydrogen) atoms. The van der Waals surface area contributed by atoms with Gasteiger partial charge in [0.05, 0.1) is 6.61 Å². The SMILES string of the molecule is Cc1sc(CN)cc1COCC(C)C. The molecule has 1 aromatic rings. The van der Waals surface area contributed by atoms with Gasteiger partial charge < -0.3 is 10.5 Å². The molecule has 0 aliphatic carbocycles. The van der Waals surface area contributed by atoms with Crippen LogP contribution in [-0.2, 0) is 17.9 Å². The van der Waals surface area contributed by atoms with Gasteiger partial charge in [-0.05, 0) is 24.5 Å². The van der Waals surface area contributed by atoms with Gasteiger partial charge in [-0.25, -0.2) is 0 Å². The minimum absolute atomic E-state index is 0.600. The summed E-state index contributed by atoms with van der Waals surface area (Å²) in [5.74, 6) is 0.600. The van der Waals surface area contributed by atoms with Crippen LogP contribution in [0.4, 0.5) is 0 Å². The van der Waals surface area contributed by atoms with Crippen molar-refractivity contribution in [3.8, 4) is 0 Å².